The van der Waals surface area contributed by atoms with E-state index < -0.39 is 0 Å². The van der Waals surface area contributed by atoms with Gasteiger partial charge in [0.2, 0.25) is 0 Å². The minimum Gasteiger partial charge on any atom is -0.497 e. The van der Waals surface area contributed by atoms with Gasteiger partial charge in [-0.3, -0.25) is 14.2 Å². The Balaban J connectivity index is 2.08. The maximum atomic E-state index is 13.0. The molecule has 2 N–H and O–H groups in total. The van der Waals surface area contributed by atoms with Crippen LogP contribution in [0.3, 0.4) is 0 Å². The maximum absolute atomic E-state index is 13.0. The van der Waals surface area contributed by atoms with E-state index in [0.29, 0.717) is 34.3 Å². The van der Waals surface area contributed by atoms with Crippen molar-refractivity contribution in [2.24, 2.45) is 0 Å². The van der Waals surface area contributed by atoms with Gasteiger partial charge < -0.3 is 15.0 Å². The van der Waals surface area contributed by atoms with Crippen LogP contribution in [-0.2, 0) is 0 Å². The molecule has 0 bridgehead atoms. The fourth-order valence-corrected chi connectivity index (χ4v) is 2.93. The number of quaternary nitrogens is 1. The van der Waals surface area contributed by atoms with Gasteiger partial charge in [-0.2, -0.15) is 0 Å². The predicted molar refractivity (Wildman–Crippen MR) is 106 cm³/mol. The van der Waals surface area contributed by atoms with E-state index >= 15 is 0 Å². The number of fused-ring (bicyclic) bond motifs is 1. The highest BCUT2D eigenvalue weighted by Crippen LogP contribution is 2.19. The zero-order valence-electron chi connectivity index (χ0n) is 15.8. The number of ether oxygens (including phenoxy) is 1. The number of likely N-dealkylation sites (N-methyl/N-ethyl adjacent to an activating group) is 1. The number of rotatable bonds is 6. The molecule has 0 atom stereocenters. The van der Waals surface area contributed by atoms with Crippen molar-refractivity contribution in [1.82, 2.24) is 9.88 Å². The summed E-state index contributed by atoms with van der Waals surface area (Å²) in [6.45, 7) is 1.39. The summed E-state index contributed by atoms with van der Waals surface area (Å²) in [5.74, 6) is 0.520. The van der Waals surface area contributed by atoms with Gasteiger partial charge in [-0.25, -0.2) is 0 Å². The molecule has 27 heavy (non-hydrogen) atoms. The molecule has 0 fully saturated rings. The first-order chi connectivity index (χ1) is 13.0. The molecular formula is C21H24N3O3+. The quantitative estimate of drug-likeness (QED) is 0.681. The number of hydrogen-bond acceptors (Lipinski definition) is 3. The minimum atomic E-state index is -0.185. The highest BCUT2D eigenvalue weighted by atomic mass is 16.5. The molecule has 3 aromatic rings. The van der Waals surface area contributed by atoms with Crippen LogP contribution in [0.25, 0.3) is 16.5 Å². The molecule has 0 aliphatic rings. The molecule has 0 aliphatic heterocycles. The molecule has 0 saturated carbocycles. The molecule has 3 rings (SSSR count). The molecule has 1 aromatic heterocycles. The van der Waals surface area contributed by atoms with E-state index in [4.69, 9.17) is 4.74 Å². The Hall–Kier alpha value is -3.12. The maximum Gasteiger partial charge on any atom is 0.262 e. The number of pyridine rings is 1. The summed E-state index contributed by atoms with van der Waals surface area (Å²) in [4.78, 5) is 27.0. The Bertz CT molecular complexity index is 1010. The highest BCUT2D eigenvalue weighted by Gasteiger charge is 2.15. The molecule has 0 unspecified atom stereocenters. The molecule has 1 amide bonds. The van der Waals surface area contributed by atoms with E-state index in [1.807, 2.05) is 20.2 Å². The van der Waals surface area contributed by atoms with Crippen LogP contribution in [0.2, 0.25) is 0 Å². The second kappa shape index (κ2) is 8.05. The van der Waals surface area contributed by atoms with E-state index in [9.17, 15) is 9.59 Å². The lowest BCUT2D eigenvalue weighted by Gasteiger charge is -2.13. The molecule has 0 spiro atoms. The van der Waals surface area contributed by atoms with E-state index in [-0.39, 0.29) is 11.5 Å². The van der Waals surface area contributed by atoms with Crippen LogP contribution >= 0.6 is 0 Å². The van der Waals surface area contributed by atoms with Crippen LogP contribution in [0.15, 0.2) is 59.5 Å². The van der Waals surface area contributed by atoms with Crippen molar-refractivity contribution in [3.63, 3.8) is 0 Å². The standard InChI is InChI=1S/C21H23N3O3/c1-23(2)13-12-22-20(25)19-14-24(15-8-10-16(27-3)11-9-15)21(26)18-7-5-4-6-17(18)19/h4-11,14H,12-13H2,1-3H3,(H,22,25)/p+1. The average molecular weight is 366 g/mol. The second-order valence-corrected chi connectivity index (χ2v) is 6.67. The molecule has 0 saturated heterocycles. The van der Waals surface area contributed by atoms with E-state index in [1.165, 1.54) is 9.47 Å². The van der Waals surface area contributed by atoms with E-state index in [2.05, 4.69) is 5.32 Å². The summed E-state index contributed by atoms with van der Waals surface area (Å²) >= 11 is 0. The number of hydrogen-bond donors (Lipinski definition) is 2. The van der Waals surface area contributed by atoms with Crippen molar-refractivity contribution in [2.75, 3.05) is 34.3 Å². The number of carbonyl (C=O) groups is 1. The van der Waals surface area contributed by atoms with Gasteiger partial charge in [-0.1, -0.05) is 18.2 Å². The number of nitrogens with one attached hydrogen (secondary N) is 2. The number of aromatic nitrogens is 1. The summed E-state index contributed by atoms with van der Waals surface area (Å²) in [6, 6.07) is 14.4. The number of methoxy groups -OCH3 is 1. The second-order valence-electron chi connectivity index (χ2n) is 6.67. The Labute approximate surface area is 158 Å². The van der Waals surface area contributed by atoms with E-state index in [1.54, 1.807) is 55.8 Å². The lowest BCUT2D eigenvalue weighted by atomic mass is 10.1. The molecule has 140 valence electrons. The lowest BCUT2D eigenvalue weighted by molar-refractivity contribution is -0.856. The Kier molecular flexibility index (Phi) is 5.57. The van der Waals surface area contributed by atoms with Crippen molar-refractivity contribution in [3.05, 3.63) is 70.6 Å². The van der Waals surface area contributed by atoms with Crippen LogP contribution < -0.4 is 20.5 Å². The Morgan fingerprint density at radius 1 is 1.07 bits per heavy atom. The minimum absolute atomic E-state index is 0.162. The van der Waals surface area contributed by atoms with Gasteiger partial charge in [0.25, 0.3) is 11.5 Å². The van der Waals surface area contributed by atoms with Crippen molar-refractivity contribution in [1.29, 1.82) is 0 Å². The van der Waals surface area contributed by atoms with Gasteiger partial charge in [0.1, 0.15) is 5.75 Å². The van der Waals surface area contributed by atoms with Crippen LogP contribution in [-0.4, -0.2) is 44.8 Å². The van der Waals surface area contributed by atoms with Crippen molar-refractivity contribution >= 4 is 16.7 Å². The van der Waals surface area contributed by atoms with Crippen molar-refractivity contribution in [2.45, 2.75) is 0 Å². The Morgan fingerprint density at radius 2 is 1.74 bits per heavy atom. The molecule has 2 aromatic carbocycles. The molecular weight excluding hydrogens is 342 g/mol. The monoisotopic (exact) mass is 366 g/mol. The van der Waals surface area contributed by atoms with E-state index in [0.717, 1.165) is 6.54 Å². The molecule has 1 heterocycles. The first kappa shape index (κ1) is 18.7. The SMILES string of the molecule is COc1ccc(-n2cc(C(=O)NCC[NH+](C)C)c3ccccc3c2=O)cc1. The summed E-state index contributed by atoms with van der Waals surface area (Å²) in [6.07, 6.45) is 1.62. The molecule has 6 nitrogen and oxygen atoms in total. The van der Waals surface area contributed by atoms with Crippen LogP contribution in [0, 0.1) is 0 Å². The van der Waals surface area contributed by atoms with Crippen molar-refractivity contribution in [3.8, 4) is 11.4 Å². The first-order valence-corrected chi connectivity index (χ1v) is 8.87. The summed E-state index contributed by atoms with van der Waals surface area (Å²) < 4.78 is 6.69. The molecule has 0 radical (unpaired) electrons. The third kappa shape index (κ3) is 4.01. The van der Waals surface area contributed by atoms with Gasteiger partial charge in [0.15, 0.2) is 0 Å². The first-order valence-electron chi connectivity index (χ1n) is 8.87. The summed E-state index contributed by atoms with van der Waals surface area (Å²) in [5.41, 5.74) is 0.998. The third-order valence-corrected chi connectivity index (χ3v) is 4.43. The highest BCUT2D eigenvalue weighted by molar-refractivity contribution is 6.06. The summed E-state index contributed by atoms with van der Waals surface area (Å²) in [7, 11) is 5.66. The summed E-state index contributed by atoms with van der Waals surface area (Å²) in [5, 5.41) is 4.11. The lowest BCUT2D eigenvalue weighted by Crippen LogP contribution is -3.06. The van der Waals surface area contributed by atoms with Gasteiger partial charge in [-0.05, 0) is 30.3 Å². The number of nitrogens with zero attached hydrogens (tertiary/aromatic N) is 1. The van der Waals surface area contributed by atoms with Crippen LogP contribution in [0.4, 0.5) is 0 Å². The van der Waals surface area contributed by atoms with Gasteiger partial charge in [-0.15, -0.1) is 0 Å². The van der Waals surface area contributed by atoms with Crippen molar-refractivity contribution < 1.29 is 14.4 Å². The Morgan fingerprint density at radius 3 is 2.37 bits per heavy atom. The van der Waals surface area contributed by atoms with Gasteiger partial charge >= 0.3 is 0 Å². The smallest absolute Gasteiger partial charge is 0.262 e. The average Bonchev–Trinajstić information content (AvgIpc) is 2.68. The predicted octanol–water partition coefficient (Wildman–Crippen LogP) is 0.874. The number of benzene rings is 2. The van der Waals surface area contributed by atoms with Gasteiger partial charge in [0, 0.05) is 22.7 Å². The number of carbonyl (C=O) groups excluding carboxylic acids is 1. The topological polar surface area (TPSA) is 64.8 Å². The van der Waals surface area contributed by atoms with Crippen LogP contribution in [0.1, 0.15) is 10.4 Å². The number of amides is 1. The molecule has 6 heteroatoms. The zero-order chi connectivity index (χ0) is 19.4. The third-order valence-electron chi connectivity index (χ3n) is 4.43. The zero-order valence-corrected chi connectivity index (χ0v) is 15.8. The fourth-order valence-electron chi connectivity index (χ4n) is 2.93. The largest absolute Gasteiger partial charge is 0.497 e. The van der Waals surface area contributed by atoms with Gasteiger partial charge in [0.05, 0.1) is 39.9 Å². The fraction of sp³-hybridized carbons (Fsp3) is 0.238. The normalized spacial score (nSPS) is 11.0. The van der Waals surface area contributed by atoms with Crippen LogP contribution in [0.5, 0.6) is 5.75 Å². The molecule has 0 aliphatic carbocycles.